The Bertz CT molecular complexity index is 894. The molecule has 0 amide bonds. The van der Waals surface area contributed by atoms with Crippen LogP contribution in [-0.2, 0) is 0 Å². The van der Waals surface area contributed by atoms with Crippen molar-refractivity contribution in [2.24, 2.45) is 0 Å². The lowest BCUT2D eigenvalue weighted by Crippen LogP contribution is -2.04. The van der Waals surface area contributed by atoms with Gasteiger partial charge in [-0.2, -0.15) is 0 Å². The molecule has 2 aromatic carbocycles. The van der Waals surface area contributed by atoms with Crippen LogP contribution in [0.4, 0.5) is 5.82 Å². The third-order valence-corrected chi connectivity index (χ3v) is 6.42. The van der Waals surface area contributed by atoms with Crippen molar-refractivity contribution in [3.05, 3.63) is 60.9 Å². The number of nitrogens with one attached hydrogen (secondary N) is 1. The third kappa shape index (κ3) is 10.5. The van der Waals surface area contributed by atoms with Gasteiger partial charge in [0, 0.05) is 11.9 Å². The van der Waals surface area contributed by atoms with Gasteiger partial charge in [-0.3, -0.25) is 0 Å². The fourth-order valence-corrected chi connectivity index (χ4v) is 4.41. The molecule has 1 heterocycles. The summed E-state index contributed by atoms with van der Waals surface area (Å²) in [5.41, 5.74) is 1.00. The standard InChI is InChI=1S/C30H43N3O/c1(2-4-6-8-10-12-19-25-34-27-20-14-13-15-21-27)3-5-7-9-11-18-24-31-30-28-22-16-17-23-29(28)32-26-33-30/h13-17,20-23,26H,1-12,18-19,24-25H2,(H,31,32,33). The molecule has 1 N–H and O–H groups in total. The first-order valence-corrected chi connectivity index (χ1v) is 13.5. The van der Waals surface area contributed by atoms with Crippen molar-refractivity contribution in [2.75, 3.05) is 18.5 Å². The monoisotopic (exact) mass is 461 g/mol. The number of ether oxygens (including phenoxy) is 1. The molecule has 184 valence electrons. The Morgan fingerprint density at radius 2 is 1.12 bits per heavy atom. The number of para-hydroxylation sites is 2. The lowest BCUT2D eigenvalue weighted by atomic mass is 10.0. The maximum atomic E-state index is 5.75. The Morgan fingerprint density at radius 3 is 1.79 bits per heavy atom. The van der Waals surface area contributed by atoms with Gasteiger partial charge in [-0.25, -0.2) is 9.97 Å². The van der Waals surface area contributed by atoms with Gasteiger partial charge in [-0.05, 0) is 37.1 Å². The molecular weight excluding hydrogens is 418 g/mol. The highest BCUT2D eigenvalue weighted by molar-refractivity contribution is 5.88. The molecular formula is C30H43N3O. The predicted octanol–water partition coefficient (Wildman–Crippen LogP) is 8.58. The molecule has 3 rings (SSSR count). The largest absolute Gasteiger partial charge is 0.494 e. The number of unbranched alkanes of at least 4 members (excludes halogenated alkanes) is 13. The van der Waals surface area contributed by atoms with Crippen molar-refractivity contribution in [3.8, 4) is 5.75 Å². The van der Waals surface area contributed by atoms with Crippen molar-refractivity contribution in [1.82, 2.24) is 9.97 Å². The number of aromatic nitrogens is 2. The van der Waals surface area contributed by atoms with Crippen LogP contribution in [0.2, 0.25) is 0 Å². The second-order valence-electron chi connectivity index (χ2n) is 9.28. The minimum atomic E-state index is 0.847. The molecule has 0 fully saturated rings. The molecule has 0 aliphatic rings. The van der Waals surface area contributed by atoms with E-state index in [4.69, 9.17) is 4.74 Å². The lowest BCUT2D eigenvalue weighted by Gasteiger charge is -2.08. The van der Waals surface area contributed by atoms with E-state index < -0.39 is 0 Å². The molecule has 1 aromatic heterocycles. The predicted molar refractivity (Wildman–Crippen MR) is 145 cm³/mol. The molecule has 0 unspecified atom stereocenters. The summed E-state index contributed by atoms with van der Waals surface area (Å²) < 4.78 is 5.75. The van der Waals surface area contributed by atoms with E-state index in [2.05, 4.69) is 21.4 Å². The van der Waals surface area contributed by atoms with Crippen LogP contribution in [0.25, 0.3) is 10.9 Å². The van der Waals surface area contributed by atoms with Crippen LogP contribution in [0.1, 0.15) is 89.9 Å². The molecule has 34 heavy (non-hydrogen) atoms. The molecule has 0 aliphatic heterocycles. The minimum absolute atomic E-state index is 0.847. The average molecular weight is 462 g/mol. The molecule has 0 radical (unpaired) electrons. The zero-order valence-electron chi connectivity index (χ0n) is 20.9. The number of fused-ring (bicyclic) bond motifs is 1. The topological polar surface area (TPSA) is 47.0 Å². The maximum Gasteiger partial charge on any atom is 0.137 e. The van der Waals surface area contributed by atoms with Crippen molar-refractivity contribution in [1.29, 1.82) is 0 Å². The van der Waals surface area contributed by atoms with Crippen LogP contribution in [0.5, 0.6) is 5.75 Å². The zero-order chi connectivity index (χ0) is 23.5. The first-order valence-electron chi connectivity index (χ1n) is 13.5. The number of hydrogen-bond donors (Lipinski definition) is 1. The number of hydrogen-bond acceptors (Lipinski definition) is 4. The SMILES string of the molecule is c1ccc(OCCCCCCCCCCCCCCCCNc2ncnc3ccccc23)cc1. The second kappa shape index (κ2) is 16.9. The van der Waals surface area contributed by atoms with Crippen LogP contribution in [0.15, 0.2) is 60.9 Å². The first-order chi connectivity index (χ1) is 16.9. The van der Waals surface area contributed by atoms with Gasteiger partial charge in [0.05, 0.1) is 12.1 Å². The first kappa shape index (κ1) is 26.0. The van der Waals surface area contributed by atoms with E-state index in [0.717, 1.165) is 35.6 Å². The Labute approximate surface area is 206 Å². The molecule has 0 saturated carbocycles. The molecule has 0 spiro atoms. The highest BCUT2D eigenvalue weighted by Crippen LogP contribution is 2.18. The van der Waals surface area contributed by atoms with E-state index in [1.807, 2.05) is 48.5 Å². The van der Waals surface area contributed by atoms with Crippen LogP contribution < -0.4 is 10.1 Å². The van der Waals surface area contributed by atoms with Crippen LogP contribution in [0, 0.1) is 0 Å². The van der Waals surface area contributed by atoms with Gasteiger partial charge in [-0.15, -0.1) is 0 Å². The Kier molecular flexibility index (Phi) is 12.9. The highest BCUT2D eigenvalue weighted by atomic mass is 16.5. The van der Waals surface area contributed by atoms with E-state index in [9.17, 15) is 0 Å². The van der Waals surface area contributed by atoms with Crippen LogP contribution in [0.3, 0.4) is 0 Å². The summed E-state index contributed by atoms with van der Waals surface area (Å²) in [7, 11) is 0. The van der Waals surface area contributed by atoms with Gasteiger partial charge >= 0.3 is 0 Å². The van der Waals surface area contributed by atoms with E-state index in [1.165, 1.54) is 89.9 Å². The summed E-state index contributed by atoms with van der Waals surface area (Å²) in [5.74, 6) is 1.95. The zero-order valence-corrected chi connectivity index (χ0v) is 20.9. The second-order valence-corrected chi connectivity index (χ2v) is 9.28. The normalized spacial score (nSPS) is 11.1. The minimum Gasteiger partial charge on any atom is -0.494 e. The number of rotatable bonds is 19. The summed E-state index contributed by atoms with van der Waals surface area (Å²) in [6, 6.07) is 18.3. The van der Waals surface area contributed by atoms with E-state index in [-0.39, 0.29) is 0 Å². The summed E-state index contributed by atoms with van der Waals surface area (Å²) in [5, 5.41) is 4.60. The molecule has 0 saturated heterocycles. The summed E-state index contributed by atoms with van der Waals surface area (Å²) >= 11 is 0. The maximum absolute atomic E-state index is 5.75. The van der Waals surface area contributed by atoms with Gasteiger partial charge in [0.15, 0.2) is 0 Å². The van der Waals surface area contributed by atoms with E-state index in [0.29, 0.717) is 0 Å². The number of benzene rings is 2. The Hall–Kier alpha value is -2.62. The smallest absolute Gasteiger partial charge is 0.137 e. The van der Waals surface area contributed by atoms with Crippen LogP contribution in [-0.4, -0.2) is 23.1 Å². The van der Waals surface area contributed by atoms with Gasteiger partial charge in [0.1, 0.15) is 17.9 Å². The number of anilines is 1. The third-order valence-electron chi connectivity index (χ3n) is 6.42. The van der Waals surface area contributed by atoms with Gasteiger partial charge in [-0.1, -0.05) is 107 Å². The molecule has 0 bridgehead atoms. The quantitative estimate of drug-likeness (QED) is 0.182. The van der Waals surface area contributed by atoms with Gasteiger partial charge in [0.25, 0.3) is 0 Å². The van der Waals surface area contributed by atoms with Crippen molar-refractivity contribution >= 4 is 16.7 Å². The van der Waals surface area contributed by atoms with E-state index >= 15 is 0 Å². The number of nitrogens with zero attached hydrogens (tertiary/aromatic N) is 2. The fraction of sp³-hybridized carbons (Fsp3) is 0.533. The summed E-state index contributed by atoms with van der Waals surface area (Å²) in [4.78, 5) is 8.72. The molecule has 4 nitrogen and oxygen atoms in total. The van der Waals surface area contributed by atoms with Gasteiger partial charge in [0.2, 0.25) is 0 Å². The average Bonchev–Trinajstić information content (AvgIpc) is 2.88. The van der Waals surface area contributed by atoms with Gasteiger partial charge < -0.3 is 10.1 Å². The van der Waals surface area contributed by atoms with Crippen molar-refractivity contribution < 1.29 is 4.74 Å². The van der Waals surface area contributed by atoms with Crippen molar-refractivity contribution in [3.63, 3.8) is 0 Å². The summed E-state index contributed by atoms with van der Waals surface area (Å²) in [6.45, 7) is 1.83. The summed E-state index contributed by atoms with van der Waals surface area (Å²) in [6.07, 6.45) is 20.5. The fourth-order valence-electron chi connectivity index (χ4n) is 4.41. The molecule has 3 aromatic rings. The Balaban J connectivity index is 1.04. The molecule has 4 heteroatoms. The van der Waals surface area contributed by atoms with Crippen molar-refractivity contribution in [2.45, 2.75) is 89.9 Å². The molecule has 0 atom stereocenters. The highest BCUT2D eigenvalue weighted by Gasteiger charge is 2.01. The van der Waals surface area contributed by atoms with E-state index in [1.54, 1.807) is 6.33 Å². The Morgan fingerprint density at radius 1 is 0.559 bits per heavy atom. The van der Waals surface area contributed by atoms with Crippen LogP contribution >= 0.6 is 0 Å². The molecule has 0 aliphatic carbocycles. The lowest BCUT2D eigenvalue weighted by molar-refractivity contribution is 0.304.